The third-order valence-electron chi connectivity index (χ3n) is 5.23. The van der Waals surface area contributed by atoms with Gasteiger partial charge in [0.2, 0.25) is 0 Å². The molecule has 0 aliphatic heterocycles. The minimum atomic E-state index is -1.01. The molecule has 1 amide bonds. The average molecular weight is 432 g/mol. The number of nitrogens with zero attached hydrogens (tertiary/aromatic N) is 1. The average Bonchev–Trinajstić information content (AvgIpc) is 3.15. The van der Waals surface area contributed by atoms with Crippen molar-refractivity contribution >= 4 is 45.2 Å². The fraction of sp³-hybridized carbons (Fsp3) is 0.200. The van der Waals surface area contributed by atoms with Gasteiger partial charge in [-0.15, -0.1) is 0 Å². The number of amides is 1. The zero-order valence-corrected chi connectivity index (χ0v) is 18.3. The van der Waals surface area contributed by atoms with Gasteiger partial charge in [-0.05, 0) is 43.3 Å². The summed E-state index contributed by atoms with van der Waals surface area (Å²) in [6.07, 6.45) is -1.01. The Morgan fingerprint density at radius 1 is 0.969 bits per heavy atom. The van der Waals surface area contributed by atoms with Crippen molar-refractivity contribution in [1.29, 1.82) is 0 Å². The number of hydrogen-bond acceptors (Lipinski definition) is 6. The summed E-state index contributed by atoms with van der Waals surface area (Å²) in [5, 5.41) is 4.62. The Bertz CT molecular complexity index is 1290. The van der Waals surface area contributed by atoms with Gasteiger partial charge in [-0.3, -0.25) is 4.79 Å². The third kappa shape index (κ3) is 4.09. The number of benzene rings is 3. The topological polar surface area (TPSA) is 81.0 Å². The molecule has 4 aromatic rings. The van der Waals surface area contributed by atoms with Gasteiger partial charge in [0.1, 0.15) is 16.9 Å². The van der Waals surface area contributed by atoms with Crippen molar-refractivity contribution in [1.82, 2.24) is 0 Å². The predicted octanol–water partition coefficient (Wildman–Crippen LogP) is 4.84. The van der Waals surface area contributed by atoms with Crippen LogP contribution in [0, 0.1) is 0 Å². The van der Waals surface area contributed by atoms with E-state index < -0.39 is 18.0 Å². The lowest BCUT2D eigenvalue weighted by Gasteiger charge is -2.16. The van der Waals surface area contributed by atoms with Crippen LogP contribution in [-0.2, 0) is 9.53 Å². The summed E-state index contributed by atoms with van der Waals surface area (Å²) >= 11 is 0. The minimum absolute atomic E-state index is 0.372. The molecule has 32 heavy (non-hydrogen) atoms. The van der Waals surface area contributed by atoms with E-state index in [0.29, 0.717) is 22.6 Å². The number of anilines is 2. The molecule has 0 aliphatic carbocycles. The SMILES string of the molecule is COc1cc2c(cc1NC(=O)C(C)OC(=O)c1ccc(N(C)C)cc1)oc1ccccc12. The predicted molar refractivity (Wildman–Crippen MR) is 125 cm³/mol. The van der Waals surface area contributed by atoms with Gasteiger partial charge in [-0.1, -0.05) is 18.2 Å². The van der Waals surface area contributed by atoms with Gasteiger partial charge in [0.05, 0.1) is 18.4 Å². The summed E-state index contributed by atoms with van der Waals surface area (Å²) in [5.41, 5.74) is 3.13. The van der Waals surface area contributed by atoms with Crippen LogP contribution in [0.2, 0.25) is 0 Å². The van der Waals surface area contributed by atoms with Gasteiger partial charge in [-0.25, -0.2) is 4.79 Å². The lowest BCUT2D eigenvalue weighted by atomic mass is 10.1. The van der Waals surface area contributed by atoms with Crippen molar-refractivity contribution < 1.29 is 23.5 Å². The molecule has 164 valence electrons. The van der Waals surface area contributed by atoms with Gasteiger partial charge in [0.25, 0.3) is 5.91 Å². The van der Waals surface area contributed by atoms with Gasteiger partial charge >= 0.3 is 5.97 Å². The Morgan fingerprint density at radius 3 is 2.38 bits per heavy atom. The van der Waals surface area contributed by atoms with Gasteiger partial charge in [-0.2, -0.15) is 0 Å². The highest BCUT2D eigenvalue weighted by molar-refractivity contribution is 6.08. The summed E-state index contributed by atoms with van der Waals surface area (Å²) in [6, 6.07) is 18.2. The lowest BCUT2D eigenvalue weighted by Crippen LogP contribution is -2.30. The monoisotopic (exact) mass is 432 g/mol. The number of methoxy groups -OCH3 is 1. The molecule has 0 saturated heterocycles. The zero-order chi connectivity index (χ0) is 22.8. The zero-order valence-electron chi connectivity index (χ0n) is 18.3. The summed E-state index contributed by atoms with van der Waals surface area (Å²) in [4.78, 5) is 27.1. The Kier molecular flexibility index (Phi) is 5.73. The number of ether oxygens (including phenoxy) is 2. The number of carbonyl (C=O) groups excluding carboxylic acids is 2. The number of para-hydroxylation sites is 1. The maximum absolute atomic E-state index is 12.7. The van der Waals surface area contributed by atoms with Crippen molar-refractivity contribution in [2.75, 3.05) is 31.4 Å². The molecule has 1 unspecified atom stereocenters. The van der Waals surface area contributed by atoms with E-state index in [4.69, 9.17) is 13.9 Å². The van der Waals surface area contributed by atoms with Crippen molar-refractivity contribution in [3.05, 3.63) is 66.2 Å². The number of esters is 1. The van der Waals surface area contributed by atoms with Crippen LogP contribution in [0.5, 0.6) is 5.75 Å². The molecule has 1 N–H and O–H groups in total. The van der Waals surface area contributed by atoms with Crippen molar-refractivity contribution in [2.24, 2.45) is 0 Å². The fourth-order valence-corrected chi connectivity index (χ4v) is 3.43. The normalized spacial score (nSPS) is 11.9. The molecule has 1 heterocycles. The maximum Gasteiger partial charge on any atom is 0.338 e. The van der Waals surface area contributed by atoms with E-state index in [9.17, 15) is 9.59 Å². The minimum Gasteiger partial charge on any atom is -0.495 e. The molecule has 0 bridgehead atoms. The summed E-state index contributed by atoms with van der Waals surface area (Å²) in [6.45, 7) is 1.52. The molecule has 1 atom stereocenters. The van der Waals surface area contributed by atoms with E-state index in [1.807, 2.05) is 61.5 Å². The van der Waals surface area contributed by atoms with Crippen LogP contribution in [-0.4, -0.2) is 39.2 Å². The van der Waals surface area contributed by atoms with E-state index in [-0.39, 0.29) is 0 Å². The summed E-state index contributed by atoms with van der Waals surface area (Å²) < 4.78 is 16.7. The largest absolute Gasteiger partial charge is 0.495 e. The van der Waals surface area contributed by atoms with Gasteiger partial charge in [0.15, 0.2) is 6.10 Å². The number of furan rings is 1. The van der Waals surface area contributed by atoms with E-state index in [2.05, 4.69) is 5.32 Å². The highest BCUT2D eigenvalue weighted by Gasteiger charge is 2.21. The molecular weight excluding hydrogens is 408 g/mol. The number of fused-ring (bicyclic) bond motifs is 3. The van der Waals surface area contributed by atoms with E-state index in [1.165, 1.54) is 14.0 Å². The van der Waals surface area contributed by atoms with Crippen LogP contribution in [0.1, 0.15) is 17.3 Å². The van der Waals surface area contributed by atoms with Crippen LogP contribution in [0.25, 0.3) is 21.9 Å². The summed E-state index contributed by atoms with van der Waals surface area (Å²) in [7, 11) is 5.35. The van der Waals surface area contributed by atoms with E-state index in [0.717, 1.165) is 22.0 Å². The molecule has 0 radical (unpaired) electrons. The summed E-state index contributed by atoms with van der Waals surface area (Å²) in [5.74, 6) is -0.565. The number of hydrogen-bond donors (Lipinski definition) is 1. The van der Waals surface area contributed by atoms with E-state index >= 15 is 0 Å². The second-order valence-corrected chi connectivity index (χ2v) is 7.62. The molecule has 1 aromatic heterocycles. The second-order valence-electron chi connectivity index (χ2n) is 7.62. The van der Waals surface area contributed by atoms with Crippen LogP contribution >= 0.6 is 0 Å². The molecule has 0 spiro atoms. The first kappa shape index (κ1) is 21.2. The van der Waals surface area contributed by atoms with E-state index in [1.54, 1.807) is 18.2 Å². The molecule has 7 nitrogen and oxygen atoms in total. The van der Waals surface area contributed by atoms with Crippen molar-refractivity contribution in [3.8, 4) is 5.75 Å². The Labute approximate surface area is 185 Å². The maximum atomic E-state index is 12.7. The molecule has 4 rings (SSSR count). The molecule has 0 aliphatic rings. The Hall–Kier alpha value is -4.00. The standard InChI is InChI=1S/C25H24N2O5/c1-15(31-25(29)16-9-11-17(12-10-16)27(2)3)24(28)26-20-14-22-19(13-23(20)30-4)18-7-5-6-8-21(18)32-22/h5-15H,1-4H3,(H,26,28). The van der Waals surface area contributed by atoms with Gasteiger partial charge < -0.3 is 24.1 Å². The Morgan fingerprint density at radius 2 is 1.69 bits per heavy atom. The number of rotatable bonds is 6. The third-order valence-corrected chi connectivity index (χ3v) is 5.23. The van der Waals surface area contributed by atoms with Crippen LogP contribution in [0.3, 0.4) is 0 Å². The van der Waals surface area contributed by atoms with Crippen LogP contribution < -0.4 is 15.0 Å². The first-order valence-corrected chi connectivity index (χ1v) is 10.2. The van der Waals surface area contributed by atoms with Gasteiger partial charge in [0, 0.05) is 36.6 Å². The smallest absolute Gasteiger partial charge is 0.338 e. The first-order valence-electron chi connectivity index (χ1n) is 10.2. The second kappa shape index (κ2) is 8.63. The highest BCUT2D eigenvalue weighted by atomic mass is 16.5. The first-order chi connectivity index (χ1) is 15.4. The molecule has 0 saturated carbocycles. The molecular formula is C25H24N2O5. The quantitative estimate of drug-likeness (QED) is 0.439. The molecule has 7 heteroatoms. The molecule has 0 fully saturated rings. The Balaban J connectivity index is 1.51. The van der Waals surface area contributed by atoms with Crippen molar-refractivity contribution in [2.45, 2.75) is 13.0 Å². The number of nitrogens with one attached hydrogen (secondary N) is 1. The van der Waals surface area contributed by atoms with Crippen LogP contribution in [0.4, 0.5) is 11.4 Å². The number of carbonyl (C=O) groups is 2. The fourth-order valence-electron chi connectivity index (χ4n) is 3.43. The van der Waals surface area contributed by atoms with Crippen molar-refractivity contribution in [3.63, 3.8) is 0 Å². The lowest BCUT2D eigenvalue weighted by molar-refractivity contribution is -0.123. The van der Waals surface area contributed by atoms with Crippen LogP contribution in [0.15, 0.2) is 65.1 Å². The molecule has 3 aromatic carbocycles. The highest BCUT2D eigenvalue weighted by Crippen LogP contribution is 2.36.